The fourth-order valence-corrected chi connectivity index (χ4v) is 5.53. The van der Waals surface area contributed by atoms with Gasteiger partial charge in [-0.1, -0.05) is 25.5 Å². The van der Waals surface area contributed by atoms with Gasteiger partial charge in [-0.25, -0.2) is 4.79 Å². The van der Waals surface area contributed by atoms with Crippen LogP contribution >= 0.6 is 0 Å². The van der Waals surface area contributed by atoms with Gasteiger partial charge in [0.15, 0.2) is 5.60 Å². The Bertz CT molecular complexity index is 703. The molecule has 2 fully saturated rings. The minimum Gasteiger partial charge on any atom is -0.457 e. The van der Waals surface area contributed by atoms with Crippen LogP contribution in [0.1, 0.15) is 53.4 Å². The lowest BCUT2D eigenvalue weighted by molar-refractivity contribution is -0.191. The Labute approximate surface area is 161 Å². The number of allylic oxidation sites excluding steroid dienone is 2. The first-order chi connectivity index (χ1) is 12.8. The number of hydrogen-bond acceptors (Lipinski definition) is 5. The fourth-order valence-electron chi connectivity index (χ4n) is 5.53. The normalized spacial score (nSPS) is 39.1. The molecule has 27 heavy (non-hydrogen) atoms. The summed E-state index contributed by atoms with van der Waals surface area (Å²) in [7, 11) is 0. The molecule has 0 saturated carbocycles. The number of cyclic esters (lactones) is 2. The standard InChI is InChI=1S/C22H31NO4/c1-13(2)15-8-7-14(3)16-11-18(26-21(25)20(15)16)22(4)17(12-19(24)27-22)23-9-5-6-10-23/h7,12-13,15-16,18,20H,5-6,8-11H2,1-4H3/t15-,16+,18?,20-,22?/m1/s1. The predicted molar refractivity (Wildman–Crippen MR) is 102 cm³/mol. The molecule has 4 aliphatic rings. The van der Waals surface area contributed by atoms with Crippen LogP contribution in [0.15, 0.2) is 23.4 Å². The van der Waals surface area contributed by atoms with Gasteiger partial charge in [-0.3, -0.25) is 4.79 Å². The second-order valence-electron chi connectivity index (χ2n) is 9.14. The second-order valence-corrected chi connectivity index (χ2v) is 9.14. The molecule has 2 unspecified atom stereocenters. The van der Waals surface area contributed by atoms with E-state index in [0.29, 0.717) is 11.8 Å². The maximum absolute atomic E-state index is 13.1. The third-order valence-corrected chi connectivity index (χ3v) is 7.18. The van der Waals surface area contributed by atoms with Crippen molar-refractivity contribution in [1.29, 1.82) is 0 Å². The van der Waals surface area contributed by atoms with Crippen LogP contribution in [0.3, 0.4) is 0 Å². The topological polar surface area (TPSA) is 55.8 Å². The van der Waals surface area contributed by atoms with Crippen LogP contribution in [0.4, 0.5) is 0 Å². The molecule has 0 aromatic heterocycles. The third kappa shape index (κ3) is 2.99. The van der Waals surface area contributed by atoms with Gasteiger partial charge in [0.25, 0.3) is 0 Å². The molecular formula is C22H31NO4. The number of ether oxygens (including phenoxy) is 2. The molecule has 148 valence electrons. The molecule has 5 atom stereocenters. The zero-order valence-electron chi connectivity index (χ0n) is 16.9. The van der Waals surface area contributed by atoms with Crippen molar-refractivity contribution in [2.45, 2.75) is 65.1 Å². The molecule has 4 rings (SSSR count). The average molecular weight is 373 g/mol. The van der Waals surface area contributed by atoms with Crippen LogP contribution in [0.5, 0.6) is 0 Å². The minimum atomic E-state index is -0.882. The van der Waals surface area contributed by atoms with E-state index in [1.165, 1.54) is 5.57 Å². The van der Waals surface area contributed by atoms with Crippen LogP contribution < -0.4 is 0 Å². The number of rotatable bonds is 3. The Morgan fingerprint density at radius 1 is 1.22 bits per heavy atom. The van der Waals surface area contributed by atoms with E-state index in [9.17, 15) is 9.59 Å². The van der Waals surface area contributed by atoms with Crippen LogP contribution in [-0.4, -0.2) is 41.6 Å². The first kappa shape index (κ1) is 18.6. The summed E-state index contributed by atoms with van der Waals surface area (Å²) in [5.41, 5.74) is 1.28. The fraction of sp³-hybridized carbons (Fsp3) is 0.727. The Kier molecular flexibility index (Phi) is 4.59. The molecule has 0 radical (unpaired) electrons. The van der Waals surface area contributed by atoms with Gasteiger partial charge in [0.05, 0.1) is 11.6 Å². The molecular weight excluding hydrogens is 342 g/mol. The van der Waals surface area contributed by atoms with E-state index in [2.05, 4.69) is 31.7 Å². The monoisotopic (exact) mass is 373 g/mol. The molecule has 3 heterocycles. The van der Waals surface area contributed by atoms with Gasteiger partial charge < -0.3 is 14.4 Å². The average Bonchev–Trinajstić information content (AvgIpc) is 3.23. The van der Waals surface area contributed by atoms with Crippen molar-refractivity contribution in [3.05, 3.63) is 23.4 Å². The summed E-state index contributed by atoms with van der Waals surface area (Å²) in [6, 6.07) is 0. The quantitative estimate of drug-likeness (QED) is 0.560. The molecule has 0 aromatic rings. The predicted octanol–water partition coefficient (Wildman–Crippen LogP) is 3.45. The smallest absolute Gasteiger partial charge is 0.333 e. The van der Waals surface area contributed by atoms with E-state index in [1.807, 2.05) is 6.92 Å². The van der Waals surface area contributed by atoms with Gasteiger partial charge in [0.2, 0.25) is 0 Å². The van der Waals surface area contributed by atoms with Crippen LogP contribution in [0, 0.1) is 23.7 Å². The number of carbonyl (C=O) groups excluding carboxylic acids is 2. The van der Waals surface area contributed by atoms with Gasteiger partial charge >= 0.3 is 11.9 Å². The van der Waals surface area contributed by atoms with Crippen LogP contribution in [0.2, 0.25) is 0 Å². The van der Waals surface area contributed by atoms with E-state index in [1.54, 1.807) is 6.08 Å². The van der Waals surface area contributed by atoms with Crippen molar-refractivity contribution >= 4 is 11.9 Å². The molecule has 5 nitrogen and oxygen atoms in total. The summed E-state index contributed by atoms with van der Waals surface area (Å²) in [6.07, 6.45) is 7.36. The van der Waals surface area contributed by atoms with Gasteiger partial charge in [-0.15, -0.1) is 0 Å². The largest absolute Gasteiger partial charge is 0.457 e. The summed E-state index contributed by atoms with van der Waals surface area (Å²) < 4.78 is 11.8. The summed E-state index contributed by atoms with van der Waals surface area (Å²) in [5, 5.41) is 0. The van der Waals surface area contributed by atoms with E-state index in [0.717, 1.165) is 44.5 Å². The summed E-state index contributed by atoms with van der Waals surface area (Å²) in [5.74, 6) is 0.408. The molecule has 0 amide bonds. The highest BCUT2D eigenvalue weighted by molar-refractivity contribution is 5.87. The van der Waals surface area contributed by atoms with Gasteiger partial charge in [0, 0.05) is 19.2 Å². The van der Waals surface area contributed by atoms with Crippen LogP contribution in [-0.2, 0) is 19.1 Å². The summed E-state index contributed by atoms with van der Waals surface area (Å²) in [4.78, 5) is 27.5. The third-order valence-electron chi connectivity index (χ3n) is 7.18. The molecule has 0 bridgehead atoms. The molecule has 0 aromatic carbocycles. The van der Waals surface area contributed by atoms with E-state index < -0.39 is 11.7 Å². The maximum atomic E-state index is 13.1. The minimum absolute atomic E-state index is 0.0776. The molecule has 2 saturated heterocycles. The lowest BCUT2D eigenvalue weighted by Crippen LogP contribution is -2.55. The van der Waals surface area contributed by atoms with E-state index in [4.69, 9.17) is 9.47 Å². The summed E-state index contributed by atoms with van der Waals surface area (Å²) >= 11 is 0. The number of hydrogen-bond donors (Lipinski definition) is 0. The van der Waals surface area contributed by atoms with Crippen molar-refractivity contribution in [3.63, 3.8) is 0 Å². The molecule has 1 aliphatic carbocycles. The lowest BCUT2D eigenvalue weighted by atomic mass is 9.64. The Hall–Kier alpha value is -1.78. The van der Waals surface area contributed by atoms with Gasteiger partial charge in [-0.05, 0) is 57.3 Å². The molecule has 0 spiro atoms. The van der Waals surface area contributed by atoms with E-state index >= 15 is 0 Å². The zero-order chi connectivity index (χ0) is 19.3. The Morgan fingerprint density at radius 2 is 1.93 bits per heavy atom. The SMILES string of the molecule is CC1=CC[C@H](C(C)C)[C@H]2C(=O)OC(C3(C)OC(=O)C=C3N3CCCC3)C[C@@H]12. The Balaban J connectivity index is 1.63. The number of esters is 2. The Morgan fingerprint density at radius 3 is 2.59 bits per heavy atom. The number of likely N-dealkylation sites (tertiary alicyclic amines) is 1. The molecule has 5 heteroatoms. The molecule has 3 aliphatic heterocycles. The van der Waals surface area contributed by atoms with Crippen LogP contribution in [0.25, 0.3) is 0 Å². The first-order valence-electron chi connectivity index (χ1n) is 10.4. The van der Waals surface area contributed by atoms with Crippen molar-refractivity contribution < 1.29 is 19.1 Å². The van der Waals surface area contributed by atoms with Gasteiger partial charge in [0.1, 0.15) is 6.10 Å². The molecule has 0 N–H and O–H groups in total. The number of fused-ring (bicyclic) bond motifs is 1. The first-order valence-corrected chi connectivity index (χ1v) is 10.4. The maximum Gasteiger partial charge on any atom is 0.333 e. The second kappa shape index (κ2) is 6.68. The van der Waals surface area contributed by atoms with Crippen molar-refractivity contribution in [1.82, 2.24) is 4.90 Å². The highest BCUT2D eigenvalue weighted by Gasteiger charge is 2.56. The van der Waals surface area contributed by atoms with Crippen molar-refractivity contribution in [3.8, 4) is 0 Å². The number of carbonyl (C=O) groups is 2. The zero-order valence-corrected chi connectivity index (χ0v) is 16.9. The summed E-state index contributed by atoms with van der Waals surface area (Å²) in [6.45, 7) is 10.3. The number of nitrogens with zero attached hydrogens (tertiary/aromatic N) is 1. The van der Waals surface area contributed by atoms with Crippen molar-refractivity contribution in [2.24, 2.45) is 23.7 Å². The lowest BCUT2D eigenvalue weighted by Gasteiger charge is -2.47. The highest BCUT2D eigenvalue weighted by atomic mass is 16.6. The van der Waals surface area contributed by atoms with E-state index in [-0.39, 0.29) is 23.8 Å². The highest BCUT2D eigenvalue weighted by Crippen LogP contribution is 2.49. The van der Waals surface area contributed by atoms with Gasteiger partial charge in [-0.2, -0.15) is 0 Å². The van der Waals surface area contributed by atoms with Crippen molar-refractivity contribution in [2.75, 3.05) is 13.1 Å².